The van der Waals surface area contributed by atoms with E-state index in [1.54, 1.807) is 12.1 Å². The van der Waals surface area contributed by atoms with Crippen LogP contribution in [0.5, 0.6) is 17.2 Å². The van der Waals surface area contributed by atoms with Gasteiger partial charge in [0.15, 0.2) is 11.5 Å². The van der Waals surface area contributed by atoms with Gasteiger partial charge in [0.2, 0.25) is 17.7 Å². The molecule has 0 radical (unpaired) electrons. The smallest absolute Gasteiger partial charge is 0.240 e. The monoisotopic (exact) mass is 404 g/mol. The molecular formula is C21H28N2O6. The highest BCUT2D eigenvalue weighted by Gasteiger charge is 2.51. The lowest BCUT2D eigenvalue weighted by Gasteiger charge is -2.30. The third kappa shape index (κ3) is 4.16. The molecule has 1 N–H and O–H groups in total. The maximum atomic E-state index is 12.8. The Bertz CT molecular complexity index is 801. The summed E-state index contributed by atoms with van der Waals surface area (Å²) in [6.07, 6.45) is 4.70. The highest BCUT2D eigenvalue weighted by Crippen LogP contribution is 2.45. The number of nitrogens with zero attached hydrogens (tertiary/aromatic N) is 1. The molecule has 8 nitrogen and oxygen atoms in total. The van der Waals surface area contributed by atoms with E-state index in [2.05, 4.69) is 5.32 Å². The van der Waals surface area contributed by atoms with Gasteiger partial charge in [0.1, 0.15) is 12.3 Å². The molecule has 3 rings (SSSR count). The molecule has 8 heteroatoms. The van der Waals surface area contributed by atoms with E-state index in [0.717, 1.165) is 37.0 Å². The molecule has 0 bridgehead atoms. The van der Waals surface area contributed by atoms with E-state index in [4.69, 9.17) is 14.2 Å². The highest BCUT2D eigenvalue weighted by atomic mass is 16.5. The number of nitrogens with one attached hydrogen (secondary N) is 1. The third-order valence-corrected chi connectivity index (χ3v) is 5.86. The Labute approximate surface area is 170 Å². The molecule has 1 aromatic carbocycles. The van der Waals surface area contributed by atoms with Crippen molar-refractivity contribution in [2.45, 2.75) is 45.1 Å². The van der Waals surface area contributed by atoms with Crippen molar-refractivity contribution in [3.8, 4) is 17.2 Å². The summed E-state index contributed by atoms with van der Waals surface area (Å²) in [5.41, 5.74) is 0.115. The van der Waals surface area contributed by atoms with Crippen LogP contribution in [0.25, 0.3) is 0 Å². The van der Waals surface area contributed by atoms with Crippen LogP contribution in [-0.4, -0.2) is 50.5 Å². The van der Waals surface area contributed by atoms with Crippen LogP contribution in [0.1, 0.15) is 44.1 Å². The lowest BCUT2D eigenvalue weighted by atomic mass is 9.73. The Kier molecular flexibility index (Phi) is 6.30. The van der Waals surface area contributed by atoms with Crippen molar-refractivity contribution in [2.24, 2.45) is 5.41 Å². The molecule has 29 heavy (non-hydrogen) atoms. The number of benzene rings is 1. The molecule has 1 spiro atoms. The minimum absolute atomic E-state index is 0.170. The summed E-state index contributed by atoms with van der Waals surface area (Å²) in [6, 6.07) is 3.40. The summed E-state index contributed by atoms with van der Waals surface area (Å²) in [7, 11) is 4.58. The number of carbonyl (C=O) groups is 3. The van der Waals surface area contributed by atoms with E-state index in [-0.39, 0.29) is 31.3 Å². The van der Waals surface area contributed by atoms with Crippen LogP contribution in [0.4, 0.5) is 0 Å². The van der Waals surface area contributed by atoms with Crippen molar-refractivity contribution >= 4 is 17.7 Å². The predicted molar refractivity (Wildman–Crippen MR) is 105 cm³/mol. The number of amides is 3. The average Bonchev–Trinajstić information content (AvgIpc) is 2.95. The SMILES string of the molecule is COc1cc(OC)c(OC)cc1CNC(=O)CN1C(=O)CC2(CCCCC2)C1=O. The van der Waals surface area contributed by atoms with Gasteiger partial charge in [-0.2, -0.15) is 0 Å². The van der Waals surface area contributed by atoms with Crippen molar-refractivity contribution in [1.82, 2.24) is 10.2 Å². The van der Waals surface area contributed by atoms with E-state index >= 15 is 0 Å². The van der Waals surface area contributed by atoms with Gasteiger partial charge in [-0.25, -0.2) is 0 Å². The molecule has 1 aromatic rings. The summed E-state index contributed by atoms with van der Waals surface area (Å²) in [5, 5.41) is 2.76. The Morgan fingerprint density at radius 3 is 2.24 bits per heavy atom. The molecular weight excluding hydrogens is 376 g/mol. The number of hydrogen-bond donors (Lipinski definition) is 1. The van der Waals surface area contributed by atoms with Gasteiger partial charge in [-0.05, 0) is 18.9 Å². The zero-order chi connectivity index (χ0) is 21.0. The number of methoxy groups -OCH3 is 3. The van der Waals surface area contributed by atoms with Crippen LogP contribution >= 0.6 is 0 Å². The molecule has 2 fully saturated rings. The fraction of sp³-hybridized carbons (Fsp3) is 0.571. The van der Waals surface area contributed by atoms with Gasteiger partial charge >= 0.3 is 0 Å². The minimum Gasteiger partial charge on any atom is -0.496 e. The molecule has 0 aromatic heterocycles. The maximum Gasteiger partial charge on any atom is 0.240 e. The Balaban J connectivity index is 1.64. The van der Waals surface area contributed by atoms with Crippen molar-refractivity contribution in [3.05, 3.63) is 17.7 Å². The van der Waals surface area contributed by atoms with Crippen molar-refractivity contribution < 1.29 is 28.6 Å². The number of ether oxygens (including phenoxy) is 3. The predicted octanol–water partition coefficient (Wildman–Crippen LogP) is 2.04. The van der Waals surface area contributed by atoms with Crippen LogP contribution in [0.15, 0.2) is 12.1 Å². The van der Waals surface area contributed by atoms with Crippen molar-refractivity contribution in [3.63, 3.8) is 0 Å². The molecule has 2 aliphatic rings. The molecule has 1 saturated heterocycles. The van der Waals surface area contributed by atoms with E-state index in [9.17, 15) is 14.4 Å². The first kappa shape index (κ1) is 21.0. The summed E-state index contributed by atoms with van der Waals surface area (Å²) < 4.78 is 15.9. The van der Waals surface area contributed by atoms with Gasteiger partial charge in [0.25, 0.3) is 0 Å². The number of carbonyl (C=O) groups excluding carboxylic acids is 3. The maximum absolute atomic E-state index is 12.8. The zero-order valence-electron chi connectivity index (χ0n) is 17.2. The highest BCUT2D eigenvalue weighted by molar-refractivity contribution is 6.08. The largest absolute Gasteiger partial charge is 0.496 e. The average molecular weight is 404 g/mol. The molecule has 0 atom stereocenters. The fourth-order valence-electron chi connectivity index (χ4n) is 4.26. The van der Waals surface area contributed by atoms with Gasteiger partial charge in [0.05, 0.1) is 26.7 Å². The lowest BCUT2D eigenvalue weighted by Crippen LogP contribution is -2.42. The van der Waals surface area contributed by atoms with Gasteiger partial charge in [-0.15, -0.1) is 0 Å². The van der Waals surface area contributed by atoms with E-state index < -0.39 is 11.3 Å². The molecule has 3 amide bonds. The number of imide groups is 1. The lowest BCUT2D eigenvalue weighted by molar-refractivity contribution is -0.145. The summed E-state index contributed by atoms with van der Waals surface area (Å²) in [4.78, 5) is 38.8. The van der Waals surface area contributed by atoms with E-state index in [1.165, 1.54) is 21.3 Å². The normalized spacial score (nSPS) is 18.1. The van der Waals surface area contributed by atoms with Crippen LogP contribution in [0.3, 0.4) is 0 Å². The summed E-state index contributed by atoms with van der Waals surface area (Å²) >= 11 is 0. The second-order valence-corrected chi connectivity index (χ2v) is 7.60. The second-order valence-electron chi connectivity index (χ2n) is 7.60. The first-order valence-electron chi connectivity index (χ1n) is 9.84. The van der Waals surface area contributed by atoms with Crippen LogP contribution < -0.4 is 19.5 Å². The Morgan fingerprint density at radius 2 is 1.62 bits per heavy atom. The van der Waals surface area contributed by atoms with E-state index in [1.807, 2.05) is 0 Å². The number of rotatable bonds is 7. The Morgan fingerprint density at radius 1 is 1.00 bits per heavy atom. The van der Waals surface area contributed by atoms with Gasteiger partial charge in [-0.3, -0.25) is 19.3 Å². The molecule has 1 aliphatic heterocycles. The van der Waals surface area contributed by atoms with Crippen molar-refractivity contribution in [1.29, 1.82) is 0 Å². The van der Waals surface area contributed by atoms with Gasteiger partial charge in [-0.1, -0.05) is 19.3 Å². The standard InChI is InChI=1S/C21H28N2O6/c1-27-15-10-17(29-3)16(28-2)9-14(15)12-22-18(24)13-23-19(25)11-21(20(23)26)7-5-4-6-8-21/h9-10H,4-8,11-13H2,1-3H3,(H,22,24). The second kappa shape index (κ2) is 8.71. The molecule has 0 unspecified atom stereocenters. The van der Waals surface area contributed by atoms with Crippen molar-refractivity contribution in [2.75, 3.05) is 27.9 Å². The van der Waals surface area contributed by atoms with Gasteiger partial charge in [0, 0.05) is 24.6 Å². The first-order chi connectivity index (χ1) is 13.9. The molecule has 1 saturated carbocycles. The molecule has 158 valence electrons. The first-order valence-corrected chi connectivity index (χ1v) is 9.84. The fourth-order valence-corrected chi connectivity index (χ4v) is 4.26. The Hall–Kier alpha value is -2.77. The molecule has 1 heterocycles. The number of likely N-dealkylation sites (tertiary alicyclic amines) is 1. The van der Waals surface area contributed by atoms with E-state index in [0.29, 0.717) is 22.8 Å². The topological polar surface area (TPSA) is 94.2 Å². The van der Waals surface area contributed by atoms with Crippen LogP contribution in [0, 0.1) is 5.41 Å². The van der Waals surface area contributed by atoms with Gasteiger partial charge < -0.3 is 19.5 Å². The summed E-state index contributed by atoms with van der Waals surface area (Å²) in [5.74, 6) is 0.734. The minimum atomic E-state index is -0.581. The molecule has 1 aliphatic carbocycles. The quantitative estimate of drug-likeness (QED) is 0.699. The third-order valence-electron chi connectivity index (χ3n) is 5.86. The summed E-state index contributed by atoms with van der Waals surface area (Å²) in [6.45, 7) is -0.0846. The van der Waals surface area contributed by atoms with Crippen LogP contribution in [0.2, 0.25) is 0 Å². The number of hydrogen-bond acceptors (Lipinski definition) is 6. The van der Waals surface area contributed by atoms with Crippen LogP contribution in [-0.2, 0) is 20.9 Å². The zero-order valence-corrected chi connectivity index (χ0v) is 17.2.